The van der Waals surface area contributed by atoms with Crippen LogP contribution in [-0.4, -0.2) is 43.1 Å². The number of hydrogen-bond donors (Lipinski definition) is 1. The Hall–Kier alpha value is -2.80. The minimum atomic E-state index is -4.81. The van der Waals surface area contributed by atoms with Gasteiger partial charge in [0.15, 0.2) is 5.82 Å². The summed E-state index contributed by atoms with van der Waals surface area (Å²) >= 11 is 7.41. The topological polar surface area (TPSA) is 91.8 Å². The lowest BCUT2D eigenvalue weighted by molar-refractivity contribution is 0.0608. The molecule has 8 nitrogen and oxygen atoms in total. The second-order valence-corrected chi connectivity index (χ2v) is 13.3. The molecule has 0 spiro atoms. The molecule has 4 rings (SSSR count). The Morgan fingerprint density at radius 1 is 1.26 bits per heavy atom. The van der Waals surface area contributed by atoms with Crippen molar-refractivity contribution in [1.82, 2.24) is 9.88 Å². The van der Waals surface area contributed by atoms with Crippen LogP contribution in [0.4, 0.5) is 25.1 Å². The SMILES string of the molecule is CC1CN(Cc2cccc(F)c2CNc2cc(F)c(S(=O)(=O)N(C(=O)OC(C)(C)C)c3cscn3)cc2Cl)C1. The molecule has 1 amide bonds. The average Bonchev–Trinajstić information content (AvgIpc) is 3.32. The van der Waals surface area contributed by atoms with Crippen LogP contribution in [0.25, 0.3) is 0 Å². The maximum atomic E-state index is 15.3. The number of ether oxygens (including phenoxy) is 1. The molecule has 1 aromatic heterocycles. The third-order valence-electron chi connectivity index (χ3n) is 5.93. The van der Waals surface area contributed by atoms with E-state index >= 15 is 4.39 Å². The third kappa shape index (κ3) is 6.68. The van der Waals surface area contributed by atoms with Gasteiger partial charge < -0.3 is 10.1 Å². The number of sulfonamides is 1. The van der Waals surface area contributed by atoms with E-state index in [9.17, 15) is 17.6 Å². The fourth-order valence-electron chi connectivity index (χ4n) is 4.22. The number of likely N-dealkylation sites (tertiary alicyclic amines) is 1. The van der Waals surface area contributed by atoms with Crippen LogP contribution in [0.2, 0.25) is 5.02 Å². The summed E-state index contributed by atoms with van der Waals surface area (Å²) in [7, 11) is -4.81. The van der Waals surface area contributed by atoms with Gasteiger partial charge in [-0.3, -0.25) is 4.90 Å². The molecule has 1 N–H and O–H groups in total. The van der Waals surface area contributed by atoms with Gasteiger partial charge in [0.1, 0.15) is 22.1 Å². The normalized spacial score (nSPS) is 14.6. The highest BCUT2D eigenvalue weighted by Crippen LogP contribution is 2.33. The first kappa shape index (κ1) is 29.2. The molecule has 13 heteroatoms. The van der Waals surface area contributed by atoms with Crippen molar-refractivity contribution in [3.05, 3.63) is 69.0 Å². The van der Waals surface area contributed by atoms with Gasteiger partial charge in [0.05, 0.1) is 16.2 Å². The van der Waals surface area contributed by atoms with Gasteiger partial charge in [-0.05, 0) is 50.5 Å². The second-order valence-electron chi connectivity index (χ2n) is 10.4. The van der Waals surface area contributed by atoms with Gasteiger partial charge in [-0.2, -0.15) is 0 Å². The lowest BCUT2D eigenvalue weighted by Gasteiger charge is -2.37. The molecule has 0 saturated carbocycles. The van der Waals surface area contributed by atoms with E-state index < -0.39 is 38.2 Å². The average molecular weight is 599 g/mol. The Morgan fingerprint density at radius 2 is 1.97 bits per heavy atom. The Morgan fingerprint density at radius 3 is 2.59 bits per heavy atom. The fourth-order valence-corrected chi connectivity index (χ4v) is 6.44. The Kier molecular flexibility index (Phi) is 8.50. The van der Waals surface area contributed by atoms with E-state index in [0.717, 1.165) is 42.1 Å². The smallest absolute Gasteiger partial charge is 0.430 e. The summed E-state index contributed by atoms with van der Waals surface area (Å²) in [6, 6.07) is 6.64. The molecule has 0 aliphatic carbocycles. The Bertz CT molecular complexity index is 1460. The maximum absolute atomic E-state index is 15.3. The molecular weight excluding hydrogens is 570 g/mol. The summed E-state index contributed by atoms with van der Waals surface area (Å²) in [5.74, 6) is -1.22. The van der Waals surface area contributed by atoms with Crippen LogP contribution in [0.15, 0.2) is 46.1 Å². The minimum absolute atomic E-state index is 0.000482. The molecule has 1 aliphatic rings. The molecule has 1 aliphatic heterocycles. The van der Waals surface area contributed by atoms with E-state index in [0.29, 0.717) is 22.3 Å². The number of amides is 1. The summed E-state index contributed by atoms with van der Waals surface area (Å²) < 4.78 is 62.6. The molecule has 0 bridgehead atoms. The van der Waals surface area contributed by atoms with E-state index in [-0.39, 0.29) is 23.1 Å². The van der Waals surface area contributed by atoms with Crippen LogP contribution >= 0.6 is 22.9 Å². The number of benzene rings is 2. The predicted molar refractivity (Wildman–Crippen MR) is 148 cm³/mol. The van der Waals surface area contributed by atoms with Gasteiger partial charge in [-0.1, -0.05) is 30.7 Å². The number of nitrogens with zero attached hydrogens (tertiary/aromatic N) is 3. The molecule has 2 heterocycles. The van der Waals surface area contributed by atoms with Crippen LogP contribution in [-0.2, 0) is 27.8 Å². The third-order valence-corrected chi connectivity index (χ3v) is 8.50. The quantitative estimate of drug-likeness (QED) is 0.327. The zero-order valence-electron chi connectivity index (χ0n) is 21.9. The van der Waals surface area contributed by atoms with Gasteiger partial charge in [-0.25, -0.2) is 27.0 Å². The molecule has 2 aromatic carbocycles. The lowest BCUT2D eigenvalue weighted by Crippen LogP contribution is -2.44. The lowest BCUT2D eigenvalue weighted by atomic mass is 9.99. The van der Waals surface area contributed by atoms with Crippen LogP contribution < -0.4 is 9.62 Å². The summed E-state index contributed by atoms with van der Waals surface area (Å²) in [4.78, 5) is 18.1. The zero-order valence-corrected chi connectivity index (χ0v) is 24.3. The second kappa shape index (κ2) is 11.4. The number of rotatable bonds is 8. The van der Waals surface area contributed by atoms with Gasteiger partial charge in [0, 0.05) is 37.1 Å². The number of nitrogens with one attached hydrogen (secondary N) is 1. The molecule has 0 atom stereocenters. The highest BCUT2D eigenvalue weighted by atomic mass is 35.5. The van der Waals surface area contributed by atoms with Gasteiger partial charge in [0.25, 0.3) is 10.0 Å². The Labute approximate surface area is 235 Å². The first-order valence-electron chi connectivity index (χ1n) is 12.1. The van der Waals surface area contributed by atoms with Gasteiger partial charge in [-0.15, -0.1) is 15.6 Å². The fraction of sp³-hybridized carbons (Fsp3) is 0.385. The number of anilines is 2. The molecule has 39 heavy (non-hydrogen) atoms. The number of carbonyl (C=O) groups excluding carboxylic acids is 1. The van der Waals surface area contributed by atoms with Crippen molar-refractivity contribution in [2.45, 2.75) is 51.3 Å². The molecule has 3 aromatic rings. The van der Waals surface area contributed by atoms with Crippen LogP contribution in [0.1, 0.15) is 38.8 Å². The first-order valence-corrected chi connectivity index (χ1v) is 14.9. The van der Waals surface area contributed by atoms with E-state index in [1.165, 1.54) is 17.0 Å². The highest BCUT2D eigenvalue weighted by molar-refractivity contribution is 7.93. The maximum Gasteiger partial charge on any atom is 0.430 e. The monoisotopic (exact) mass is 598 g/mol. The van der Waals surface area contributed by atoms with E-state index in [4.69, 9.17) is 16.3 Å². The number of hydrogen-bond acceptors (Lipinski definition) is 8. The molecular formula is C26H29ClF2N4O4S2. The molecule has 210 valence electrons. The van der Waals surface area contributed by atoms with Crippen molar-refractivity contribution in [1.29, 1.82) is 0 Å². The largest absolute Gasteiger partial charge is 0.443 e. The van der Waals surface area contributed by atoms with E-state index in [2.05, 4.69) is 22.1 Å². The number of thiazole rings is 1. The minimum Gasteiger partial charge on any atom is -0.443 e. The van der Waals surface area contributed by atoms with Gasteiger partial charge in [0.2, 0.25) is 0 Å². The van der Waals surface area contributed by atoms with Crippen molar-refractivity contribution in [3.8, 4) is 0 Å². The van der Waals surface area contributed by atoms with Crippen molar-refractivity contribution in [2.75, 3.05) is 22.7 Å². The van der Waals surface area contributed by atoms with Crippen molar-refractivity contribution in [2.24, 2.45) is 5.92 Å². The van der Waals surface area contributed by atoms with E-state index in [1.807, 2.05) is 6.07 Å². The number of aromatic nitrogens is 1. The number of halogens is 3. The molecule has 0 unspecified atom stereocenters. The van der Waals surface area contributed by atoms with Crippen molar-refractivity contribution >= 4 is 50.6 Å². The van der Waals surface area contributed by atoms with Gasteiger partial charge >= 0.3 is 6.09 Å². The van der Waals surface area contributed by atoms with Crippen LogP contribution in [0.3, 0.4) is 0 Å². The zero-order chi connectivity index (χ0) is 28.5. The summed E-state index contributed by atoms with van der Waals surface area (Å²) in [5.41, 5.74) is 1.58. The molecule has 1 saturated heterocycles. The summed E-state index contributed by atoms with van der Waals surface area (Å²) in [5, 5.41) is 4.11. The van der Waals surface area contributed by atoms with Crippen LogP contribution in [0.5, 0.6) is 0 Å². The standard InChI is InChI=1S/C26H29ClF2N4O4S2/c1-16-11-32(12-16)13-17-6-5-7-20(28)18(17)10-30-22-9-21(29)23(8-19(22)27)39(35,36)33(24-14-38-15-31-24)25(34)37-26(2,3)4/h5-9,14-16,30H,10-13H2,1-4H3. The summed E-state index contributed by atoms with van der Waals surface area (Å²) in [6.45, 7) is 9.29. The summed E-state index contributed by atoms with van der Waals surface area (Å²) in [6.07, 6.45) is -1.24. The van der Waals surface area contributed by atoms with Crippen molar-refractivity contribution < 1.29 is 26.7 Å². The Balaban J connectivity index is 1.60. The van der Waals surface area contributed by atoms with E-state index in [1.54, 1.807) is 26.8 Å². The predicted octanol–water partition coefficient (Wildman–Crippen LogP) is 6.27. The molecule has 1 fully saturated rings. The van der Waals surface area contributed by atoms with Crippen LogP contribution in [0, 0.1) is 17.6 Å². The number of carbonyl (C=O) groups is 1. The highest BCUT2D eigenvalue weighted by Gasteiger charge is 2.38. The van der Waals surface area contributed by atoms with Crippen molar-refractivity contribution in [3.63, 3.8) is 0 Å². The molecule has 0 radical (unpaired) electrons. The first-order chi connectivity index (χ1) is 18.3.